The summed E-state index contributed by atoms with van der Waals surface area (Å²) >= 11 is 1.49. The van der Waals surface area contributed by atoms with Crippen LogP contribution in [0.15, 0.2) is 65.6 Å². The summed E-state index contributed by atoms with van der Waals surface area (Å²) in [6.07, 6.45) is 0. The van der Waals surface area contributed by atoms with Gasteiger partial charge in [-0.05, 0) is 47.5 Å². The van der Waals surface area contributed by atoms with E-state index in [1.54, 1.807) is 12.1 Å². The van der Waals surface area contributed by atoms with Crippen LogP contribution in [0, 0.1) is 0 Å². The van der Waals surface area contributed by atoms with Crippen LogP contribution in [-0.2, 0) is 4.79 Å². The fourth-order valence-electron chi connectivity index (χ4n) is 3.06. The average Bonchev–Trinajstić information content (AvgIpc) is 2.66. The molecule has 0 spiro atoms. The number of carbonyl (C=O) groups is 2. The number of hydrogen-bond donors (Lipinski definition) is 2. The van der Waals surface area contributed by atoms with Crippen molar-refractivity contribution in [2.45, 2.75) is 17.9 Å². The van der Waals surface area contributed by atoms with E-state index in [0.29, 0.717) is 17.0 Å². The predicted molar refractivity (Wildman–Crippen MR) is 106 cm³/mol. The number of amides is 2. The van der Waals surface area contributed by atoms with Gasteiger partial charge >= 0.3 is 0 Å². The Hall–Kier alpha value is -2.79. The third kappa shape index (κ3) is 3.30. The Bertz CT molecular complexity index is 1020. The van der Waals surface area contributed by atoms with E-state index in [9.17, 15) is 9.59 Å². The van der Waals surface area contributed by atoms with Gasteiger partial charge in [-0.2, -0.15) is 0 Å². The van der Waals surface area contributed by atoms with Crippen molar-refractivity contribution in [3.63, 3.8) is 0 Å². The Balaban J connectivity index is 1.53. The molecule has 0 radical (unpaired) electrons. The van der Waals surface area contributed by atoms with E-state index < -0.39 is 0 Å². The summed E-state index contributed by atoms with van der Waals surface area (Å²) in [5.74, 6) is 0.222. The Labute approximate surface area is 156 Å². The smallest absolute Gasteiger partial charge is 0.251 e. The topological polar surface area (TPSA) is 58.2 Å². The van der Waals surface area contributed by atoms with Crippen molar-refractivity contribution >= 4 is 40.0 Å². The van der Waals surface area contributed by atoms with Crippen LogP contribution in [0.5, 0.6) is 0 Å². The zero-order valence-electron chi connectivity index (χ0n) is 14.3. The molecule has 26 heavy (non-hydrogen) atoms. The zero-order chi connectivity index (χ0) is 18.1. The molecular weight excluding hydrogens is 344 g/mol. The molecule has 1 atom stereocenters. The van der Waals surface area contributed by atoms with Crippen LogP contribution >= 0.6 is 11.8 Å². The Kier molecular flexibility index (Phi) is 4.39. The van der Waals surface area contributed by atoms with Gasteiger partial charge < -0.3 is 10.6 Å². The fraction of sp³-hybridized carbons (Fsp3) is 0.143. The van der Waals surface area contributed by atoms with Crippen LogP contribution < -0.4 is 10.6 Å². The first kappa shape index (κ1) is 16.7. The van der Waals surface area contributed by atoms with Gasteiger partial charge in [-0.3, -0.25) is 9.59 Å². The minimum Gasteiger partial charge on any atom is -0.346 e. The van der Waals surface area contributed by atoms with E-state index in [1.807, 2.05) is 31.2 Å². The standard InChI is InChI=1S/C21H18N2O2S/c1-13(15-7-6-14-4-2-3-5-16(14)10-15)22-21(25)17-8-9-19-18(11-17)23-20(24)12-26-19/h2-11,13H,12H2,1H3,(H,22,25)(H,23,24). The first-order valence-electron chi connectivity index (χ1n) is 8.46. The van der Waals surface area contributed by atoms with Gasteiger partial charge in [-0.25, -0.2) is 0 Å². The van der Waals surface area contributed by atoms with Crippen molar-refractivity contribution in [2.75, 3.05) is 11.1 Å². The van der Waals surface area contributed by atoms with Crippen LogP contribution in [0.2, 0.25) is 0 Å². The molecule has 3 aromatic rings. The van der Waals surface area contributed by atoms with E-state index in [4.69, 9.17) is 0 Å². The van der Waals surface area contributed by atoms with Gasteiger partial charge in [0.1, 0.15) is 0 Å². The molecule has 2 amide bonds. The minimum atomic E-state index is -0.154. The molecule has 1 heterocycles. The quantitative estimate of drug-likeness (QED) is 0.727. The normalized spacial score (nSPS) is 14.4. The van der Waals surface area contributed by atoms with Crippen molar-refractivity contribution in [1.29, 1.82) is 0 Å². The molecule has 0 aliphatic carbocycles. The van der Waals surface area contributed by atoms with E-state index in [0.717, 1.165) is 15.8 Å². The van der Waals surface area contributed by atoms with Crippen LogP contribution in [0.4, 0.5) is 5.69 Å². The number of rotatable bonds is 3. The summed E-state index contributed by atoms with van der Waals surface area (Å²) in [6, 6.07) is 19.7. The van der Waals surface area contributed by atoms with Crippen LogP contribution in [-0.4, -0.2) is 17.6 Å². The van der Waals surface area contributed by atoms with Crippen molar-refractivity contribution in [2.24, 2.45) is 0 Å². The lowest BCUT2D eigenvalue weighted by Crippen LogP contribution is -2.27. The first-order valence-corrected chi connectivity index (χ1v) is 9.45. The number of benzene rings is 3. The third-order valence-electron chi connectivity index (χ3n) is 4.50. The second-order valence-corrected chi connectivity index (χ2v) is 7.37. The van der Waals surface area contributed by atoms with Crippen molar-refractivity contribution in [1.82, 2.24) is 5.32 Å². The second-order valence-electron chi connectivity index (χ2n) is 6.35. The highest BCUT2D eigenvalue weighted by atomic mass is 32.2. The number of nitrogens with one attached hydrogen (secondary N) is 2. The lowest BCUT2D eigenvalue weighted by molar-refractivity contribution is -0.113. The molecule has 2 N–H and O–H groups in total. The largest absolute Gasteiger partial charge is 0.346 e. The summed E-state index contributed by atoms with van der Waals surface area (Å²) in [6.45, 7) is 1.97. The van der Waals surface area contributed by atoms with Gasteiger partial charge in [0.2, 0.25) is 5.91 Å². The third-order valence-corrected chi connectivity index (χ3v) is 5.57. The summed E-state index contributed by atoms with van der Waals surface area (Å²) in [4.78, 5) is 25.2. The summed E-state index contributed by atoms with van der Waals surface area (Å²) < 4.78 is 0. The van der Waals surface area contributed by atoms with Crippen molar-refractivity contribution in [3.05, 3.63) is 71.8 Å². The number of carbonyl (C=O) groups excluding carboxylic acids is 2. The minimum absolute atomic E-state index is 0.0374. The highest BCUT2D eigenvalue weighted by Crippen LogP contribution is 2.32. The number of anilines is 1. The van der Waals surface area contributed by atoms with Crippen LogP contribution in [0.3, 0.4) is 0 Å². The van der Waals surface area contributed by atoms with Gasteiger partial charge in [0.15, 0.2) is 0 Å². The molecule has 0 fully saturated rings. The molecule has 3 aromatic carbocycles. The van der Waals surface area contributed by atoms with Crippen molar-refractivity contribution < 1.29 is 9.59 Å². The Morgan fingerprint density at radius 2 is 1.88 bits per heavy atom. The predicted octanol–water partition coefficient (Wildman–Crippen LogP) is 4.38. The molecule has 130 valence electrons. The molecule has 4 nitrogen and oxygen atoms in total. The van der Waals surface area contributed by atoms with Crippen LogP contribution in [0.25, 0.3) is 10.8 Å². The monoisotopic (exact) mass is 362 g/mol. The zero-order valence-corrected chi connectivity index (χ0v) is 15.1. The lowest BCUT2D eigenvalue weighted by atomic mass is 10.0. The average molecular weight is 362 g/mol. The van der Waals surface area contributed by atoms with Gasteiger partial charge in [0.05, 0.1) is 17.5 Å². The van der Waals surface area contributed by atoms with E-state index in [2.05, 4.69) is 34.9 Å². The number of fused-ring (bicyclic) bond motifs is 2. The lowest BCUT2D eigenvalue weighted by Gasteiger charge is -2.18. The van der Waals surface area contributed by atoms with E-state index in [1.165, 1.54) is 17.1 Å². The maximum Gasteiger partial charge on any atom is 0.251 e. The molecule has 0 aromatic heterocycles. The highest BCUT2D eigenvalue weighted by molar-refractivity contribution is 8.00. The summed E-state index contributed by atoms with van der Waals surface area (Å²) in [5, 5.41) is 8.19. The molecule has 1 aliphatic rings. The molecular formula is C21H18N2O2S. The van der Waals surface area contributed by atoms with Crippen LogP contribution in [0.1, 0.15) is 28.9 Å². The first-order chi connectivity index (χ1) is 12.6. The molecule has 1 aliphatic heterocycles. The molecule has 0 saturated carbocycles. The Morgan fingerprint density at radius 1 is 1.08 bits per heavy atom. The molecule has 0 bridgehead atoms. The number of hydrogen-bond acceptors (Lipinski definition) is 3. The maximum atomic E-state index is 12.6. The van der Waals surface area contributed by atoms with Gasteiger partial charge in [-0.1, -0.05) is 36.4 Å². The highest BCUT2D eigenvalue weighted by Gasteiger charge is 2.18. The maximum absolute atomic E-state index is 12.6. The van der Waals surface area contributed by atoms with Gasteiger partial charge in [0.25, 0.3) is 5.91 Å². The van der Waals surface area contributed by atoms with Gasteiger partial charge in [0, 0.05) is 10.5 Å². The Morgan fingerprint density at radius 3 is 2.73 bits per heavy atom. The fourth-order valence-corrected chi connectivity index (χ4v) is 3.85. The SMILES string of the molecule is CC(NC(=O)c1ccc2c(c1)NC(=O)CS2)c1ccc2ccccc2c1. The van der Waals surface area contributed by atoms with E-state index >= 15 is 0 Å². The van der Waals surface area contributed by atoms with E-state index in [-0.39, 0.29) is 17.9 Å². The molecule has 4 rings (SSSR count). The van der Waals surface area contributed by atoms with Crippen molar-refractivity contribution in [3.8, 4) is 0 Å². The summed E-state index contributed by atoms with van der Waals surface area (Å²) in [7, 11) is 0. The molecule has 0 saturated heterocycles. The molecule has 1 unspecified atom stereocenters. The summed E-state index contributed by atoms with van der Waals surface area (Å²) in [5.41, 5.74) is 2.30. The molecule has 5 heteroatoms. The second kappa shape index (κ2) is 6.84. The number of thioether (sulfide) groups is 1. The van der Waals surface area contributed by atoms with Gasteiger partial charge in [-0.15, -0.1) is 11.8 Å².